The minimum Gasteiger partial charge on any atom is -0.393 e. The number of hydrogen-bond acceptors (Lipinski definition) is 5. The van der Waals surface area contributed by atoms with Gasteiger partial charge in [-0.1, -0.05) is 0 Å². The molecule has 1 aromatic heterocycles. The predicted octanol–water partition coefficient (Wildman–Crippen LogP) is 1.72. The number of carbonyl (C=O) groups is 1. The molecule has 1 heterocycles. The lowest BCUT2D eigenvalue weighted by Gasteiger charge is -2.16. The van der Waals surface area contributed by atoms with Gasteiger partial charge in [0.15, 0.2) is 5.13 Å². The van der Waals surface area contributed by atoms with Gasteiger partial charge in [-0.05, 0) is 27.3 Å². The highest BCUT2D eigenvalue weighted by Crippen LogP contribution is 2.21. The van der Waals surface area contributed by atoms with Gasteiger partial charge in [-0.15, -0.1) is 11.3 Å². The zero-order valence-electron chi connectivity index (χ0n) is 12.1. The third-order valence-corrected chi connectivity index (χ3v) is 3.74. The molecule has 0 aliphatic heterocycles. The fourth-order valence-electron chi connectivity index (χ4n) is 1.75. The van der Waals surface area contributed by atoms with Crippen molar-refractivity contribution in [2.75, 3.05) is 25.0 Å². The molecule has 0 spiro atoms. The molecule has 0 aromatic carbocycles. The average Bonchev–Trinajstić information content (AvgIpc) is 2.75. The molecule has 0 aliphatic rings. The molecule has 0 bridgehead atoms. The predicted molar refractivity (Wildman–Crippen MR) is 78.4 cm³/mol. The minimum absolute atomic E-state index is 0.0193. The Morgan fingerprint density at radius 3 is 2.79 bits per heavy atom. The van der Waals surface area contributed by atoms with Gasteiger partial charge < -0.3 is 10.0 Å². The summed E-state index contributed by atoms with van der Waals surface area (Å²) < 4.78 is 0. The van der Waals surface area contributed by atoms with Crippen molar-refractivity contribution in [3.63, 3.8) is 0 Å². The maximum absolute atomic E-state index is 11.4. The molecule has 108 valence electrons. The normalized spacial score (nSPS) is 12.7. The first-order valence-electron chi connectivity index (χ1n) is 6.53. The largest absolute Gasteiger partial charge is 0.393 e. The van der Waals surface area contributed by atoms with Gasteiger partial charge in [0.2, 0.25) is 5.91 Å². The highest BCUT2D eigenvalue weighted by atomic mass is 32.1. The monoisotopic (exact) mass is 285 g/mol. The molecular formula is C13H23N3O2S. The summed E-state index contributed by atoms with van der Waals surface area (Å²) in [5.74, 6) is 0.0193. The van der Waals surface area contributed by atoms with Gasteiger partial charge in [-0.3, -0.25) is 9.69 Å². The number of aliphatic hydroxyl groups is 1. The van der Waals surface area contributed by atoms with E-state index < -0.39 is 0 Å². The summed E-state index contributed by atoms with van der Waals surface area (Å²) in [6, 6.07) is 0. The number of nitrogens with zero attached hydrogens (tertiary/aromatic N) is 3. The standard InChI is InChI=1S/C13H23N3O2S/c1-5-16(11(3)18)13-14-12(9-19-13)8-15(4)7-6-10(2)17/h9-10,17H,5-8H2,1-4H3. The van der Waals surface area contributed by atoms with Crippen LogP contribution in [0.25, 0.3) is 0 Å². The number of carbonyl (C=O) groups excluding carboxylic acids is 1. The molecule has 6 heteroatoms. The van der Waals surface area contributed by atoms with Gasteiger partial charge in [0.1, 0.15) is 0 Å². The van der Waals surface area contributed by atoms with Crippen molar-refractivity contribution < 1.29 is 9.90 Å². The molecule has 1 aromatic rings. The van der Waals surface area contributed by atoms with E-state index in [0.29, 0.717) is 6.54 Å². The number of anilines is 1. The summed E-state index contributed by atoms with van der Waals surface area (Å²) in [5, 5.41) is 12.0. The molecule has 19 heavy (non-hydrogen) atoms. The second kappa shape index (κ2) is 7.57. The fraction of sp³-hybridized carbons (Fsp3) is 0.692. The van der Waals surface area contributed by atoms with Crippen molar-refractivity contribution in [3.8, 4) is 0 Å². The molecule has 1 N–H and O–H groups in total. The quantitative estimate of drug-likeness (QED) is 0.829. The van der Waals surface area contributed by atoms with Gasteiger partial charge in [0.25, 0.3) is 0 Å². The van der Waals surface area contributed by atoms with E-state index in [9.17, 15) is 9.90 Å². The Morgan fingerprint density at radius 2 is 2.26 bits per heavy atom. The lowest BCUT2D eigenvalue weighted by atomic mass is 10.3. The Labute approximate surface area is 118 Å². The molecule has 0 aliphatic carbocycles. The summed E-state index contributed by atoms with van der Waals surface area (Å²) in [6.45, 7) is 7.49. The van der Waals surface area contributed by atoms with Crippen LogP contribution in [0, 0.1) is 0 Å². The van der Waals surface area contributed by atoms with Gasteiger partial charge in [-0.25, -0.2) is 4.98 Å². The Hall–Kier alpha value is -0.980. The first-order chi connectivity index (χ1) is 8.93. The molecule has 0 saturated carbocycles. The van der Waals surface area contributed by atoms with Crippen LogP contribution in [0.2, 0.25) is 0 Å². The van der Waals surface area contributed by atoms with Crippen LogP contribution in [0.4, 0.5) is 5.13 Å². The number of aromatic nitrogens is 1. The van der Waals surface area contributed by atoms with Crippen LogP contribution in [-0.2, 0) is 11.3 Å². The van der Waals surface area contributed by atoms with Crippen LogP contribution in [0.15, 0.2) is 5.38 Å². The molecular weight excluding hydrogens is 262 g/mol. The second-order valence-electron chi connectivity index (χ2n) is 4.76. The van der Waals surface area contributed by atoms with Crippen LogP contribution in [0.3, 0.4) is 0 Å². The average molecular weight is 285 g/mol. The third-order valence-electron chi connectivity index (χ3n) is 2.83. The van der Waals surface area contributed by atoms with Crippen LogP contribution >= 0.6 is 11.3 Å². The SMILES string of the molecule is CCN(C(C)=O)c1nc(CN(C)CCC(C)O)cs1. The van der Waals surface area contributed by atoms with Crippen LogP contribution in [0.5, 0.6) is 0 Å². The molecule has 1 atom stereocenters. The zero-order valence-corrected chi connectivity index (χ0v) is 12.9. The number of rotatable bonds is 7. The smallest absolute Gasteiger partial charge is 0.225 e. The van der Waals surface area contributed by atoms with Gasteiger partial charge >= 0.3 is 0 Å². The Bertz CT molecular complexity index is 406. The van der Waals surface area contributed by atoms with E-state index >= 15 is 0 Å². The molecule has 1 amide bonds. The first-order valence-corrected chi connectivity index (χ1v) is 7.41. The molecule has 0 saturated heterocycles. The van der Waals surface area contributed by atoms with Crippen molar-refractivity contribution in [2.24, 2.45) is 0 Å². The van der Waals surface area contributed by atoms with Gasteiger partial charge in [0, 0.05) is 31.9 Å². The van der Waals surface area contributed by atoms with E-state index in [-0.39, 0.29) is 12.0 Å². The van der Waals surface area contributed by atoms with E-state index in [1.165, 1.54) is 11.3 Å². The Morgan fingerprint density at radius 1 is 1.58 bits per heavy atom. The van der Waals surface area contributed by atoms with E-state index in [0.717, 1.165) is 30.3 Å². The Balaban J connectivity index is 2.57. The van der Waals surface area contributed by atoms with Crippen molar-refractivity contribution in [1.29, 1.82) is 0 Å². The maximum atomic E-state index is 11.4. The molecule has 1 rings (SSSR count). The molecule has 0 radical (unpaired) electrons. The molecule has 0 fully saturated rings. The number of thiazole rings is 1. The summed E-state index contributed by atoms with van der Waals surface area (Å²) in [5.41, 5.74) is 0.966. The van der Waals surface area contributed by atoms with E-state index in [2.05, 4.69) is 9.88 Å². The van der Waals surface area contributed by atoms with Crippen LogP contribution in [-0.4, -0.2) is 47.1 Å². The van der Waals surface area contributed by atoms with Crippen molar-refractivity contribution in [1.82, 2.24) is 9.88 Å². The maximum Gasteiger partial charge on any atom is 0.225 e. The first kappa shape index (κ1) is 16.1. The zero-order chi connectivity index (χ0) is 14.4. The summed E-state index contributed by atoms with van der Waals surface area (Å²) >= 11 is 1.49. The minimum atomic E-state index is -0.276. The van der Waals surface area contributed by atoms with Gasteiger partial charge in [0.05, 0.1) is 11.8 Å². The fourth-order valence-corrected chi connectivity index (χ4v) is 2.67. The Kier molecular flexibility index (Phi) is 6.41. The highest BCUT2D eigenvalue weighted by Gasteiger charge is 2.14. The number of aliphatic hydroxyl groups excluding tert-OH is 1. The number of hydrogen-bond donors (Lipinski definition) is 1. The highest BCUT2D eigenvalue weighted by molar-refractivity contribution is 7.14. The summed E-state index contributed by atoms with van der Waals surface area (Å²) in [7, 11) is 2.00. The second-order valence-corrected chi connectivity index (χ2v) is 5.60. The number of amides is 1. The lowest BCUT2D eigenvalue weighted by molar-refractivity contribution is -0.116. The van der Waals surface area contributed by atoms with Crippen molar-refractivity contribution in [3.05, 3.63) is 11.1 Å². The van der Waals surface area contributed by atoms with E-state index in [1.807, 2.05) is 19.4 Å². The van der Waals surface area contributed by atoms with Crippen molar-refractivity contribution in [2.45, 2.75) is 39.8 Å². The third kappa shape index (κ3) is 5.26. The lowest BCUT2D eigenvalue weighted by Crippen LogP contribution is -2.28. The topological polar surface area (TPSA) is 56.7 Å². The van der Waals surface area contributed by atoms with E-state index in [4.69, 9.17) is 0 Å². The summed E-state index contributed by atoms with van der Waals surface area (Å²) in [6.07, 6.45) is 0.476. The van der Waals surface area contributed by atoms with Gasteiger partial charge in [-0.2, -0.15) is 0 Å². The molecule has 1 unspecified atom stereocenters. The van der Waals surface area contributed by atoms with E-state index in [1.54, 1.807) is 18.7 Å². The molecule has 5 nitrogen and oxygen atoms in total. The summed E-state index contributed by atoms with van der Waals surface area (Å²) in [4.78, 5) is 19.7. The van der Waals surface area contributed by atoms with Crippen LogP contribution < -0.4 is 4.90 Å². The van der Waals surface area contributed by atoms with Crippen molar-refractivity contribution >= 4 is 22.4 Å². The van der Waals surface area contributed by atoms with Crippen LogP contribution in [0.1, 0.15) is 32.9 Å².